The van der Waals surface area contributed by atoms with Gasteiger partial charge in [-0.2, -0.15) is 5.10 Å². The first-order chi connectivity index (χ1) is 11.0. The Labute approximate surface area is 157 Å². The van der Waals surface area contributed by atoms with Gasteiger partial charge in [0, 0.05) is 30.1 Å². The Morgan fingerprint density at radius 3 is 2.58 bits per heavy atom. The van der Waals surface area contributed by atoms with Gasteiger partial charge in [-0.05, 0) is 45.0 Å². The van der Waals surface area contributed by atoms with Gasteiger partial charge >= 0.3 is 0 Å². The van der Waals surface area contributed by atoms with Crippen molar-refractivity contribution in [1.29, 1.82) is 0 Å². The van der Waals surface area contributed by atoms with Crippen molar-refractivity contribution in [2.45, 2.75) is 26.8 Å². The average Bonchev–Trinajstić information content (AvgIpc) is 2.82. The number of hydrogen-bond acceptors (Lipinski definition) is 3. The van der Waals surface area contributed by atoms with Crippen molar-refractivity contribution < 1.29 is 4.79 Å². The van der Waals surface area contributed by atoms with Gasteiger partial charge in [-0.25, -0.2) is 4.68 Å². The highest BCUT2D eigenvalue weighted by Gasteiger charge is 2.27. The summed E-state index contributed by atoms with van der Waals surface area (Å²) in [6, 6.07) is 8.26. The third-order valence-electron chi connectivity index (χ3n) is 4.23. The Morgan fingerprint density at radius 1 is 1.29 bits per heavy atom. The molecule has 3 rings (SSSR count). The normalized spacial score (nSPS) is 17.5. The van der Waals surface area contributed by atoms with Gasteiger partial charge < -0.3 is 10.2 Å². The van der Waals surface area contributed by atoms with Crippen molar-refractivity contribution in [3.05, 3.63) is 45.7 Å². The molecule has 0 saturated carbocycles. The van der Waals surface area contributed by atoms with Crippen LogP contribution >= 0.6 is 28.3 Å². The van der Waals surface area contributed by atoms with Crippen LogP contribution in [0.3, 0.4) is 0 Å². The fourth-order valence-corrected chi connectivity index (χ4v) is 3.33. The lowest BCUT2D eigenvalue weighted by Crippen LogP contribution is -2.51. The van der Waals surface area contributed by atoms with Crippen LogP contribution in [-0.4, -0.2) is 46.3 Å². The minimum absolute atomic E-state index is 0. The number of halogens is 2. The molecule has 1 N–H and O–H groups in total. The number of benzene rings is 1. The molecule has 1 amide bonds. The molecule has 7 heteroatoms. The van der Waals surface area contributed by atoms with Crippen molar-refractivity contribution in [3.8, 4) is 5.69 Å². The van der Waals surface area contributed by atoms with E-state index in [9.17, 15) is 4.79 Å². The summed E-state index contributed by atoms with van der Waals surface area (Å²) in [6.07, 6.45) is 0. The standard InChI is InChI=1S/C17H21BrN4O.ClH/c1-11-10-21(9-8-19-11)17(23)16-12(2)20-22(13(16)3)15-6-4-14(18)5-7-15;/h4-7,11,19H,8-10H2,1-3H3;1H/t11-;/m1./s1. The van der Waals surface area contributed by atoms with Gasteiger partial charge in [0.25, 0.3) is 5.91 Å². The summed E-state index contributed by atoms with van der Waals surface area (Å²) in [5, 5.41) is 7.95. The van der Waals surface area contributed by atoms with Crippen LogP contribution in [0.25, 0.3) is 5.69 Å². The van der Waals surface area contributed by atoms with Crippen molar-refractivity contribution in [2.24, 2.45) is 0 Å². The molecule has 1 fully saturated rings. The second kappa shape index (κ2) is 7.68. The quantitative estimate of drug-likeness (QED) is 0.823. The third-order valence-corrected chi connectivity index (χ3v) is 4.76. The topological polar surface area (TPSA) is 50.2 Å². The molecule has 0 spiro atoms. The first-order valence-corrected chi connectivity index (χ1v) is 8.61. The number of nitrogens with one attached hydrogen (secondary N) is 1. The van der Waals surface area contributed by atoms with Crippen LogP contribution in [-0.2, 0) is 0 Å². The van der Waals surface area contributed by atoms with E-state index in [1.54, 1.807) is 0 Å². The van der Waals surface area contributed by atoms with E-state index in [2.05, 4.69) is 33.3 Å². The summed E-state index contributed by atoms with van der Waals surface area (Å²) >= 11 is 3.44. The Morgan fingerprint density at radius 2 is 1.96 bits per heavy atom. The molecule has 0 aliphatic carbocycles. The zero-order valence-corrected chi connectivity index (χ0v) is 16.4. The fourth-order valence-electron chi connectivity index (χ4n) is 3.06. The lowest BCUT2D eigenvalue weighted by molar-refractivity contribution is 0.0707. The van der Waals surface area contributed by atoms with Gasteiger partial charge in [-0.15, -0.1) is 12.4 Å². The molecular formula is C17H22BrClN4O. The first-order valence-electron chi connectivity index (χ1n) is 7.82. The number of aromatic nitrogens is 2. The van der Waals surface area contributed by atoms with Crippen LogP contribution in [0.4, 0.5) is 0 Å². The van der Waals surface area contributed by atoms with Crippen molar-refractivity contribution >= 4 is 34.2 Å². The van der Waals surface area contributed by atoms with Crippen LogP contribution in [0.2, 0.25) is 0 Å². The summed E-state index contributed by atoms with van der Waals surface area (Å²) in [4.78, 5) is 14.8. The van der Waals surface area contributed by atoms with E-state index in [4.69, 9.17) is 0 Å². The maximum absolute atomic E-state index is 12.9. The molecule has 1 aromatic heterocycles. The van der Waals surface area contributed by atoms with Crippen LogP contribution in [0.5, 0.6) is 0 Å². The highest BCUT2D eigenvalue weighted by molar-refractivity contribution is 9.10. The second-order valence-corrected chi connectivity index (χ2v) is 6.96. The average molecular weight is 414 g/mol. The summed E-state index contributed by atoms with van der Waals surface area (Å²) in [7, 11) is 0. The second-order valence-electron chi connectivity index (χ2n) is 6.04. The minimum atomic E-state index is 0. The van der Waals surface area contributed by atoms with Gasteiger partial charge in [-0.3, -0.25) is 4.79 Å². The van der Waals surface area contributed by atoms with E-state index < -0.39 is 0 Å². The van der Waals surface area contributed by atoms with Gasteiger partial charge in [0.05, 0.1) is 22.6 Å². The summed E-state index contributed by atoms with van der Waals surface area (Å²) < 4.78 is 2.87. The van der Waals surface area contributed by atoms with E-state index >= 15 is 0 Å². The molecule has 130 valence electrons. The monoisotopic (exact) mass is 412 g/mol. The number of amides is 1. The van der Waals surface area contributed by atoms with E-state index in [1.165, 1.54) is 0 Å². The molecule has 2 aromatic rings. The van der Waals surface area contributed by atoms with Crippen molar-refractivity contribution in [3.63, 3.8) is 0 Å². The molecule has 1 aliphatic rings. The summed E-state index contributed by atoms with van der Waals surface area (Å²) in [6.45, 7) is 8.28. The minimum Gasteiger partial charge on any atom is -0.336 e. The maximum Gasteiger partial charge on any atom is 0.257 e. The molecule has 1 saturated heterocycles. The fraction of sp³-hybridized carbons (Fsp3) is 0.412. The largest absolute Gasteiger partial charge is 0.336 e. The molecule has 5 nitrogen and oxygen atoms in total. The molecule has 2 heterocycles. The molecule has 0 bridgehead atoms. The molecular weight excluding hydrogens is 392 g/mol. The number of nitrogens with zero attached hydrogens (tertiary/aromatic N) is 3. The molecule has 0 radical (unpaired) electrons. The third kappa shape index (κ3) is 3.66. The number of carbonyl (C=O) groups is 1. The van der Waals surface area contributed by atoms with Crippen LogP contribution < -0.4 is 5.32 Å². The number of aryl methyl sites for hydroxylation is 1. The molecule has 1 aromatic carbocycles. The predicted molar refractivity (Wildman–Crippen MR) is 101 cm³/mol. The SMILES string of the molecule is Cc1nn(-c2ccc(Br)cc2)c(C)c1C(=O)N1CCN[C@H](C)C1.Cl. The van der Waals surface area contributed by atoms with Gasteiger partial charge in [-0.1, -0.05) is 15.9 Å². The number of carbonyl (C=O) groups excluding carboxylic acids is 1. The Balaban J connectivity index is 0.00000208. The Hall–Kier alpha value is -1.37. The predicted octanol–water partition coefficient (Wildman–Crippen LogP) is 3.11. The Bertz CT molecular complexity index is 729. The summed E-state index contributed by atoms with van der Waals surface area (Å²) in [5.74, 6) is 0.0803. The van der Waals surface area contributed by atoms with Crippen LogP contribution in [0, 0.1) is 13.8 Å². The summed E-state index contributed by atoms with van der Waals surface area (Å²) in [5.41, 5.74) is 3.35. The van der Waals surface area contributed by atoms with Gasteiger partial charge in [0.2, 0.25) is 0 Å². The smallest absolute Gasteiger partial charge is 0.257 e. The molecule has 24 heavy (non-hydrogen) atoms. The number of piperazine rings is 1. The van der Waals surface area contributed by atoms with Crippen molar-refractivity contribution in [2.75, 3.05) is 19.6 Å². The first kappa shape index (κ1) is 19.0. The van der Waals surface area contributed by atoms with E-state index in [1.807, 2.05) is 47.7 Å². The molecule has 0 unspecified atom stereocenters. The maximum atomic E-state index is 12.9. The Kier molecular flexibility index (Phi) is 6.06. The van der Waals surface area contributed by atoms with E-state index in [-0.39, 0.29) is 18.3 Å². The molecule has 1 aliphatic heterocycles. The number of hydrogen-bond donors (Lipinski definition) is 1. The highest BCUT2D eigenvalue weighted by atomic mass is 79.9. The van der Waals surface area contributed by atoms with Gasteiger partial charge in [0.15, 0.2) is 0 Å². The lowest BCUT2D eigenvalue weighted by Gasteiger charge is -2.32. The zero-order chi connectivity index (χ0) is 16.6. The number of rotatable bonds is 2. The zero-order valence-electron chi connectivity index (χ0n) is 14.0. The van der Waals surface area contributed by atoms with Crippen LogP contribution in [0.15, 0.2) is 28.7 Å². The van der Waals surface area contributed by atoms with E-state index in [0.717, 1.165) is 46.7 Å². The lowest BCUT2D eigenvalue weighted by atomic mass is 10.1. The highest BCUT2D eigenvalue weighted by Crippen LogP contribution is 2.21. The van der Waals surface area contributed by atoms with E-state index in [0.29, 0.717) is 6.04 Å². The van der Waals surface area contributed by atoms with Gasteiger partial charge in [0.1, 0.15) is 0 Å². The molecule has 1 atom stereocenters. The van der Waals surface area contributed by atoms with Crippen molar-refractivity contribution in [1.82, 2.24) is 20.0 Å². The van der Waals surface area contributed by atoms with Crippen LogP contribution in [0.1, 0.15) is 28.7 Å².